The molecule has 0 bridgehead atoms. The molecule has 3 aromatic rings. The van der Waals surface area contributed by atoms with Gasteiger partial charge in [0, 0.05) is 34.9 Å². The van der Waals surface area contributed by atoms with Gasteiger partial charge in [0.25, 0.3) is 5.91 Å². The lowest BCUT2D eigenvalue weighted by Crippen LogP contribution is -2.30. The number of hydrogen-bond donors (Lipinski definition) is 2. The van der Waals surface area contributed by atoms with Crippen molar-refractivity contribution in [1.82, 2.24) is 10.2 Å². The van der Waals surface area contributed by atoms with Crippen LogP contribution in [0, 0.1) is 0 Å². The third kappa shape index (κ3) is 3.25. The summed E-state index contributed by atoms with van der Waals surface area (Å²) in [4.78, 5) is 14.7. The van der Waals surface area contributed by atoms with Gasteiger partial charge in [-0.25, -0.2) is 0 Å². The van der Waals surface area contributed by atoms with E-state index >= 15 is 0 Å². The quantitative estimate of drug-likeness (QED) is 0.745. The van der Waals surface area contributed by atoms with Crippen LogP contribution in [0.5, 0.6) is 0 Å². The van der Waals surface area contributed by atoms with Gasteiger partial charge in [-0.1, -0.05) is 0 Å². The maximum atomic E-state index is 12.4. The predicted molar refractivity (Wildman–Crippen MR) is 98.6 cm³/mol. The second kappa shape index (κ2) is 6.74. The number of fused-ring (bicyclic) bond motifs is 1. The zero-order chi connectivity index (χ0) is 17.1. The number of carbonyl (C=O) groups excluding carboxylic acids is 1. The summed E-state index contributed by atoms with van der Waals surface area (Å²) in [6.45, 7) is 7.40. The van der Waals surface area contributed by atoms with E-state index in [2.05, 4.69) is 41.2 Å². The number of carbonyl (C=O) groups is 1. The lowest BCUT2D eigenvalue weighted by molar-refractivity contribution is 0.102. The zero-order valence-electron chi connectivity index (χ0n) is 14.2. The highest BCUT2D eigenvalue weighted by Crippen LogP contribution is 2.20. The Morgan fingerprint density at radius 1 is 1.21 bits per heavy atom. The molecule has 1 heterocycles. The molecule has 0 unspecified atom stereocenters. The first-order chi connectivity index (χ1) is 11.6. The van der Waals surface area contributed by atoms with Gasteiger partial charge in [0.1, 0.15) is 0 Å². The largest absolute Gasteiger partial charge is 0.369 e. The highest BCUT2D eigenvalue weighted by Gasteiger charge is 2.11. The van der Waals surface area contributed by atoms with E-state index in [1.807, 2.05) is 42.5 Å². The molecular weight excluding hydrogens is 300 g/mol. The number of nitrogens with zero attached hydrogens (tertiary/aromatic N) is 2. The molecule has 124 valence electrons. The van der Waals surface area contributed by atoms with Crippen molar-refractivity contribution >= 4 is 28.2 Å². The van der Waals surface area contributed by atoms with Gasteiger partial charge in [0.2, 0.25) is 0 Å². The maximum absolute atomic E-state index is 12.4. The topological polar surface area (TPSA) is 61.0 Å². The Bertz CT molecular complexity index is 836. The number of H-pyrrole nitrogens is 1. The molecular formula is C19H22N4O. The average molecular weight is 322 g/mol. The Morgan fingerprint density at radius 2 is 1.96 bits per heavy atom. The summed E-state index contributed by atoms with van der Waals surface area (Å²) in [7, 11) is 0. The fraction of sp³-hybridized carbons (Fsp3) is 0.263. The predicted octanol–water partition coefficient (Wildman–Crippen LogP) is 4.05. The van der Waals surface area contributed by atoms with E-state index in [0.717, 1.165) is 28.8 Å². The summed E-state index contributed by atoms with van der Waals surface area (Å²) in [5.41, 5.74) is 3.48. The molecule has 3 rings (SSSR count). The van der Waals surface area contributed by atoms with Crippen LogP contribution in [-0.2, 0) is 0 Å². The molecule has 1 amide bonds. The summed E-state index contributed by atoms with van der Waals surface area (Å²) in [5, 5.41) is 10.8. The van der Waals surface area contributed by atoms with Crippen molar-refractivity contribution in [2.45, 2.75) is 26.8 Å². The van der Waals surface area contributed by atoms with E-state index in [4.69, 9.17) is 0 Å². The number of aromatic nitrogens is 2. The molecule has 0 saturated carbocycles. The fourth-order valence-corrected chi connectivity index (χ4v) is 2.87. The smallest absolute Gasteiger partial charge is 0.255 e. The van der Waals surface area contributed by atoms with Gasteiger partial charge in [-0.3, -0.25) is 9.89 Å². The molecule has 0 spiro atoms. The van der Waals surface area contributed by atoms with E-state index in [-0.39, 0.29) is 5.91 Å². The summed E-state index contributed by atoms with van der Waals surface area (Å²) >= 11 is 0. The van der Waals surface area contributed by atoms with E-state index in [1.165, 1.54) is 0 Å². The molecule has 0 radical (unpaired) electrons. The highest BCUT2D eigenvalue weighted by molar-refractivity contribution is 6.05. The summed E-state index contributed by atoms with van der Waals surface area (Å²) in [6.07, 6.45) is 1.74. The Balaban J connectivity index is 1.74. The first-order valence-electron chi connectivity index (χ1n) is 8.19. The SMILES string of the molecule is CCN(c1ccc(C(=O)Nc2ccc3[nH]ncc3c2)cc1)C(C)C. The van der Waals surface area contributed by atoms with E-state index < -0.39 is 0 Å². The van der Waals surface area contributed by atoms with Gasteiger partial charge in [0.05, 0.1) is 11.7 Å². The lowest BCUT2D eigenvalue weighted by atomic mass is 10.1. The number of benzene rings is 2. The first-order valence-corrected chi connectivity index (χ1v) is 8.19. The molecule has 0 atom stereocenters. The van der Waals surface area contributed by atoms with E-state index in [1.54, 1.807) is 6.20 Å². The minimum Gasteiger partial charge on any atom is -0.369 e. The van der Waals surface area contributed by atoms with Gasteiger partial charge in [-0.2, -0.15) is 5.10 Å². The molecule has 2 N–H and O–H groups in total. The van der Waals surface area contributed by atoms with Crippen LogP contribution in [0.1, 0.15) is 31.1 Å². The number of rotatable bonds is 5. The lowest BCUT2D eigenvalue weighted by Gasteiger charge is -2.27. The monoisotopic (exact) mass is 322 g/mol. The van der Waals surface area contributed by atoms with Crippen molar-refractivity contribution in [3.63, 3.8) is 0 Å². The molecule has 24 heavy (non-hydrogen) atoms. The molecule has 1 aromatic heterocycles. The minimum absolute atomic E-state index is 0.114. The summed E-state index contributed by atoms with van der Waals surface area (Å²) in [6, 6.07) is 13.8. The van der Waals surface area contributed by atoms with Crippen LogP contribution in [0.2, 0.25) is 0 Å². The molecule has 5 heteroatoms. The molecule has 0 aliphatic rings. The normalized spacial score (nSPS) is 11.0. The molecule has 0 fully saturated rings. The second-order valence-electron chi connectivity index (χ2n) is 6.05. The van der Waals surface area contributed by atoms with Crippen LogP contribution in [0.3, 0.4) is 0 Å². The second-order valence-corrected chi connectivity index (χ2v) is 6.05. The van der Waals surface area contributed by atoms with Gasteiger partial charge in [-0.15, -0.1) is 0 Å². The number of hydrogen-bond acceptors (Lipinski definition) is 3. The van der Waals surface area contributed by atoms with Crippen LogP contribution in [0.4, 0.5) is 11.4 Å². The van der Waals surface area contributed by atoms with Crippen molar-refractivity contribution in [2.24, 2.45) is 0 Å². The average Bonchev–Trinajstić information content (AvgIpc) is 3.03. The van der Waals surface area contributed by atoms with E-state index in [9.17, 15) is 4.79 Å². The van der Waals surface area contributed by atoms with Crippen molar-refractivity contribution in [2.75, 3.05) is 16.8 Å². The molecule has 0 aliphatic heterocycles. The van der Waals surface area contributed by atoms with Gasteiger partial charge in [0.15, 0.2) is 0 Å². The highest BCUT2D eigenvalue weighted by atomic mass is 16.1. The number of aromatic amines is 1. The minimum atomic E-state index is -0.114. The van der Waals surface area contributed by atoms with Crippen LogP contribution >= 0.6 is 0 Å². The van der Waals surface area contributed by atoms with Crippen LogP contribution in [0.15, 0.2) is 48.7 Å². The van der Waals surface area contributed by atoms with Gasteiger partial charge in [-0.05, 0) is 63.2 Å². The summed E-state index contributed by atoms with van der Waals surface area (Å²) in [5.74, 6) is -0.114. The van der Waals surface area contributed by atoms with Crippen LogP contribution in [0.25, 0.3) is 10.9 Å². The Morgan fingerprint density at radius 3 is 2.62 bits per heavy atom. The van der Waals surface area contributed by atoms with Gasteiger partial charge >= 0.3 is 0 Å². The molecule has 2 aromatic carbocycles. The maximum Gasteiger partial charge on any atom is 0.255 e. The van der Waals surface area contributed by atoms with Gasteiger partial charge < -0.3 is 10.2 Å². The number of nitrogens with one attached hydrogen (secondary N) is 2. The standard InChI is InChI=1S/C19H22N4O/c1-4-23(13(2)3)17-8-5-14(6-9-17)19(24)21-16-7-10-18-15(11-16)12-20-22-18/h5-13H,4H2,1-3H3,(H,20,22)(H,21,24). The van der Waals surface area contributed by atoms with Crippen molar-refractivity contribution in [3.8, 4) is 0 Å². The third-order valence-corrected chi connectivity index (χ3v) is 4.12. The third-order valence-electron chi connectivity index (χ3n) is 4.12. The van der Waals surface area contributed by atoms with Crippen LogP contribution in [-0.4, -0.2) is 28.7 Å². The first kappa shape index (κ1) is 16.1. The molecule has 0 aliphatic carbocycles. The number of anilines is 2. The van der Waals surface area contributed by atoms with E-state index in [0.29, 0.717) is 11.6 Å². The number of amides is 1. The zero-order valence-corrected chi connectivity index (χ0v) is 14.2. The fourth-order valence-electron chi connectivity index (χ4n) is 2.87. The Kier molecular flexibility index (Phi) is 4.51. The van der Waals surface area contributed by atoms with Crippen molar-refractivity contribution < 1.29 is 4.79 Å². The summed E-state index contributed by atoms with van der Waals surface area (Å²) < 4.78 is 0. The molecule has 5 nitrogen and oxygen atoms in total. The Hall–Kier alpha value is -2.82. The molecule has 0 saturated heterocycles. The van der Waals surface area contributed by atoms with Crippen molar-refractivity contribution in [1.29, 1.82) is 0 Å². The van der Waals surface area contributed by atoms with Crippen LogP contribution < -0.4 is 10.2 Å². The van der Waals surface area contributed by atoms with Crippen molar-refractivity contribution in [3.05, 3.63) is 54.2 Å². The Labute approximate surface area is 141 Å².